The van der Waals surface area contributed by atoms with Crippen molar-refractivity contribution < 1.29 is 23.9 Å². The van der Waals surface area contributed by atoms with Gasteiger partial charge in [-0.05, 0) is 41.5 Å². The third-order valence-electron chi connectivity index (χ3n) is 1.47. The lowest BCUT2D eigenvalue weighted by Gasteiger charge is -2.26. The first-order valence-electron chi connectivity index (χ1n) is 5.97. The smallest absolute Gasteiger partial charge is 0.442 e. The van der Waals surface area contributed by atoms with Crippen LogP contribution in [0.25, 0.3) is 0 Å². The van der Waals surface area contributed by atoms with Crippen LogP contribution in [0.1, 0.15) is 41.5 Å². The Kier molecular flexibility index (Phi) is 5.86. The Morgan fingerprint density at radius 2 is 1.53 bits per heavy atom. The van der Waals surface area contributed by atoms with Crippen molar-refractivity contribution in [3.05, 3.63) is 12.7 Å². The molecule has 110 valence electrons. The van der Waals surface area contributed by atoms with Crippen LogP contribution in [0.5, 0.6) is 0 Å². The highest BCUT2D eigenvalue weighted by molar-refractivity contribution is 5.70. The van der Waals surface area contributed by atoms with Crippen molar-refractivity contribution in [2.75, 3.05) is 6.54 Å². The number of hydrogen-bond donors (Lipinski definition) is 0. The lowest BCUT2D eigenvalue weighted by molar-refractivity contribution is -0.130. The zero-order chi connectivity index (χ0) is 15.3. The van der Waals surface area contributed by atoms with E-state index in [4.69, 9.17) is 14.3 Å². The van der Waals surface area contributed by atoms with E-state index in [1.807, 2.05) is 0 Å². The normalized spacial score (nSPS) is 11.5. The van der Waals surface area contributed by atoms with Gasteiger partial charge in [0.2, 0.25) is 0 Å². The largest absolute Gasteiger partial charge is 0.534 e. The van der Waals surface area contributed by atoms with Crippen molar-refractivity contribution in [2.45, 2.75) is 52.7 Å². The van der Waals surface area contributed by atoms with E-state index < -0.39 is 23.5 Å². The molecule has 6 nitrogen and oxygen atoms in total. The van der Waals surface area contributed by atoms with Crippen molar-refractivity contribution in [1.82, 2.24) is 5.06 Å². The highest BCUT2D eigenvalue weighted by Gasteiger charge is 2.27. The van der Waals surface area contributed by atoms with E-state index in [1.165, 1.54) is 6.08 Å². The van der Waals surface area contributed by atoms with Gasteiger partial charge in [-0.1, -0.05) is 6.08 Å². The van der Waals surface area contributed by atoms with Crippen LogP contribution in [0.2, 0.25) is 0 Å². The summed E-state index contributed by atoms with van der Waals surface area (Å²) in [6.45, 7) is 13.7. The number of nitrogens with zero attached hydrogens (tertiary/aromatic N) is 1. The van der Waals surface area contributed by atoms with Crippen molar-refractivity contribution >= 4 is 12.2 Å². The minimum absolute atomic E-state index is 0.00809. The molecule has 6 heteroatoms. The fourth-order valence-electron chi connectivity index (χ4n) is 0.938. The molecule has 0 saturated carbocycles. The van der Waals surface area contributed by atoms with Gasteiger partial charge in [-0.2, -0.15) is 0 Å². The van der Waals surface area contributed by atoms with Gasteiger partial charge in [0.25, 0.3) is 0 Å². The van der Waals surface area contributed by atoms with Crippen LogP contribution in [0.15, 0.2) is 12.7 Å². The molecule has 0 unspecified atom stereocenters. The molecule has 0 heterocycles. The van der Waals surface area contributed by atoms with Crippen LogP contribution in [0.4, 0.5) is 9.59 Å². The summed E-state index contributed by atoms with van der Waals surface area (Å²) in [4.78, 5) is 28.1. The number of rotatable bonds is 2. The van der Waals surface area contributed by atoms with Crippen LogP contribution >= 0.6 is 0 Å². The van der Waals surface area contributed by atoms with Gasteiger partial charge in [-0.25, -0.2) is 9.59 Å². The molecule has 0 rings (SSSR count). The molecule has 0 bridgehead atoms. The fourth-order valence-corrected chi connectivity index (χ4v) is 0.938. The van der Waals surface area contributed by atoms with Gasteiger partial charge in [-0.3, -0.25) is 4.84 Å². The summed E-state index contributed by atoms with van der Waals surface area (Å²) in [5.74, 6) is 0. The van der Waals surface area contributed by atoms with Crippen LogP contribution < -0.4 is 0 Å². The molecule has 0 aromatic carbocycles. The molecule has 0 spiro atoms. The van der Waals surface area contributed by atoms with Gasteiger partial charge in [0.15, 0.2) is 0 Å². The predicted octanol–water partition coefficient (Wildman–Crippen LogP) is 3.28. The number of ether oxygens (including phenoxy) is 2. The highest BCUT2D eigenvalue weighted by Crippen LogP contribution is 2.13. The highest BCUT2D eigenvalue weighted by atomic mass is 16.8. The zero-order valence-electron chi connectivity index (χ0n) is 12.5. The number of hydroxylamine groups is 2. The molecule has 0 fully saturated rings. The van der Waals surface area contributed by atoms with E-state index in [0.29, 0.717) is 0 Å². The molecular formula is C13H23NO5. The molecule has 0 aliphatic heterocycles. The first-order chi connectivity index (χ1) is 8.44. The minimum Gasteiger partial charge on any atom is -0.442 e. The first-order valence-corrected chi connectivity index (χ1v) is 5.97. The lowest BCUT2D eigenvalue weighted by Crippen LogP contribution is -2.39. The fraction of sp³-hybridized carbons (Fsp3) is 0.692. The molecule has 19 heavy (non-hydrogen) atoms. The molecule has 0 radical (unpaired) electrons. The van der Waals surface area contributed by atoms with E-state index in [1.54, 1.807) is 41.5 Å². The van der Waals surface area contributed by atoms with Gasteiger partial charge < -0.3 is 9.47 Å². The topological polar surface area (TPSA) is 65.1 Å². The molecule has 0 atom stereocenters. The van der Waals surface area contributed by atoms with Gasteiger partial charge in [0, 0.05) is 0 Å². The summed E-state index contributed by atoms with van der Waals surface area (Å²) in [7, 11) is 0. The Hall–Kier alpha value is -1.72. The Morgan fingerprint density at radius 1 is 1.05 bits per heavy atom. The molecule has 0 saturated heterocycles. The van der Waals surface area contributed by atoms with Crippen molar-refractivity contribution in [1.29, 1.82) is 0 Å². The summed E-state index contributed by atoms with van der Waals surface area (Å²) in [5, 5.41) is 0.756. The van der Waals surface area contributed by atoms with E-state index in [2.05, 4.69) is 6.58 Å². The Morgan fingerprint density at radius 3 is 1.89 bits per heavy atom. The van der Waals surface area contributed by atoms with Crippen LogP contribution in [0, 0.1) is 0 Å². The van der Waals surface area contributed by atoms with E-state index >= 15 is 0 Å². The van der Waals surface area contributed by atoms with Gasteiger partial charge in [-0.15, -0.1) is 11.6 Å². The second-order valence-corrected chi connectivity index (χ2v) is 5.89. The summed E-state index contributed by atoms with van der Waals surface area (Å²) in [5.41, 5.74) is -1.39. The second kappa shape index (κ2) is 6.45. The lowest BCUT2D eigenvalue weighted by atomic mass is 10.2. The predicted molar refractivity (Wildman–Crippen MR) is 70.5 cm³/mol. The van der Waals surface area contributed by atoms with Crippen molar-refractivity contribution in [3.8, 4) is 0 Å². The maximum absolute atomic E-state index is 11.8. The van der Waals surface area contributed by atoms with E-state index in [9.17, 15) is 9.59 Å². The second-order valence-electron chi connectivity index (χ2n) is 5.89. The standard InChI is InChI=1S/C13H23NO5/c1-8-9-14(10(15)17-12(2,3)4)19-11(16)18-13(5,6)7/h8H,1,9H2,2-7H3. The van der Waals surface area contributed by atoms with E-state index in [-0.39, 0.29) is 6.54 Å². The van der Waals surface area contributed by atoms with Crippen LogP contribution in [-0.4, -0.2) is 35.1 Å². The van der Waals surface area contributed by atoms with Crippen LogP contribution in [0.3, 0.4) is 0 Å². The monoisotopic (exact) mass is 273 g/mol. The summed E-state index contributed by atoms with van der Waals surface area (Å²) < 4.78 is 10.0. The molecule has 0 N–H and O–H groups in total. The molecular weight excluding hydrogens is 250 g/mol. The third-order valence-corrected chi connectivity index (χ3v) is 1.47. The van der Waals surface area contributed by atoms with E-state index in [0.717, 1.165) is 5.06 Å². The molecule has 0 aromatic rings. The van der Waals surface area contributed by atoms with Crippen molar-refractivity contribution in [2.24, 2.45) is 0 Å². The Bertz CT molecular complexity index is 338. The average molecular weight is 273 g/mol. The summed E-state index contributed by atoms with van der Waals surface area (Å²) >= 11 is 0. The number of amides is 1. The van der Waals surface area contributed by atoms with Gasteiger partial charge in [0.1, 0.15) is 11.2 Å². The minimum atomic E-state index is -0.972. The van der Waals surface area contributed by atoms with Gasteiger partial charge in [0.05, 0.1) is 6.54 Å². The maximum Gasteiger partial charge on any atom is 0.534 e. The number of carbonyl (C=O) groups is 2. The SMILES string of the molecule is C=CCN(OC(=O)OC(C)(C)C)C(=O)OC(C)(C)C. The zero-order valence-corrected chi connectivity index (χ0v) is 12.5. The Balaban J connectivity index is 4.61. The Labute approximate surface area is 114 Å². The summed E-state index contributed by atoms with van der Waals surface area (Å²) in [6.07, 6.45) is -0.340. The van der Waals surface area contributed by atoms with Crippen molar-refractivity contribution in [3.63, 3.8) is 0 Å². The number of hydrogen-bond acceptors (Lipinski definition) is 5. The average Bonchev–Trinajstić information content (AvgIpc) is 2.10. The first kappa shape index (κ1) is 17.3. The molecule has 0 aliphatic rings. The third kappa shape index (κ3) is 8.93. The molecule has 1 amide bonds. The van der Waals surface area contributed by atoms with Crippen LogP contribution in [-0.2, 0) is 14.3 Å². The van der Waals surface area contributed by atoms with Gasteiger partial charge >= 0.3 is 12.2 Å². The molecule has 0 aromatic heterocycles. The number of carbonyl (C=O) groups excluding carboxylic acids is 2. The molecule has 0 aliphatic carbocycles. The summed E-state index contributed by atoms with van der Waals surface area (Å²) in [6, 6.07) is 0. The maximum atomic E-state index is 11.8. The quantitative estimate of drug-likeness (QED) is 0.439.